The molecule has 0 bridgehead atoms. The number of hydrogen-bond acceptors (Lipinski definition) is 10. The van der Waals surface area contributed by atoms with Crippen molar-refractivity contribution in [3.05, 3.63) is 0 Å². The minimum Gasteiger partial charge on any atom is -0.394 e. The molecule has 0 aromatic heterocycles. The molecule has 0 aromatic carbocycles. The van der Waals surface area contributed by atoms with Crippen molar-refractivity contribution in [1.82, 2.24) is 9.03 Å². The summed E-state index contributed by atoms with van der Waals surface area (Å²) in [6, 6.07) is 0. The maximum atomic E-state index is 11.5. The molecule has 11 nitrogen and oxygen atoms in total. The standard InChI is InChI=1S/C17H37NO5.C2HF6NO4S2/c1-3-4-5-6-7-8-9-10-11-18(2)12-14(20)16(22)17(23)15(21)13-19;3-1(4,5)14(10,11)9-15(12,13)2(6,7)8/h14-17,19-23H,3-13H2,1-2H3;9H. The van der Waals surface area contributed by atoms with Gasteiger partial charge in [-0.1, -0.05) is 56.0 Å². The first-order valence-corrected chi connectivity index (χ1v) is 14.5. The van der Waals surface area contributed by atoms with Crippen molar-refractivity contribution in [2.75, 3.05) is 26.7 Å². The Morgan fingerprint density at radius 2 is 1.08 bits per heavy atom. The van der Waals surface area contributed by atoms with Crippen LogP contribution >= 0.6 is 0 Å². The molecule has 19 heteroatoms. The molecule has 0 aliphatic carbocycles. The van der Waals surface area contributed by atoms with E-state index in [1.807, 2.05) is 11.9 Å². The first-order chi connectivity index (χ1) is 17.1. The van der Waals surface area contributed by atoms with E-state index in [0.29, 0.717) is 0 Å². The highest BCUT2D eigenvalue weighted by Gasteiger charge is 2.55. The van der Waals surface area contributed by atoms with Gasteiger partial charge < -0.3 is 30.4 Å². The predicted molar refractivity (Wildman–Crippen MR) is 124 cm³/mol. The van der Waals surface area contributed by atoms with Crippen LogP contribution in [0.1, 0.15) is 58.3 Å². The number of halogens is 6. The van der Waals surface area contributed by atoms with Gasteiger partial charge in [0.25, 0.3) is 0 Å². The number of nitrogens with one attached hydrogen (secondary N) is 1. The molecule has 0 saturated carbocycles. The fourth-order valence-electron chi connectivity index (χ4n) is 2.84. The minimum atomic E-state index is -6.60. The summed E-state index contributed by atoms with van der Waals surface area (Å²) >= 11 is 0. The molecule has 0 saturated heterocycles. The number of alkyl halides is 6. The molecule has 0 rings (SSSR count). The van der Waals surface area contributed by atoms with Gasteiger partial charge in [-0.25, -0.2) is 16.8 Å². The Morgan fingerprint density at radius 1 is 0.711 bits per heavy atom. The number of nitrogens with zero attached hydrogens (tertiary/aromatic N) is 1. The third-order valence-corrected chi connectivity index (χ3v) is 8.02. The van der Waals surface area contributed by atoms with E-state index in [-0.39, 0.29) is 6.54 Å². The van der Waals surface area contributed by atoms with Crippen molar-refractivity contribution in [2.45, 2.75) is 93.7 Å². The third kappa shape index (κ3) is 15.7. The maximum Gasteiger partial charge on any atom is 0.512 e. The average Bonchev–Trinajstić information content (AvgIpc) is 2.77. The highest BCUT2D eigenvalue weighted by atomic mass is 32.3. The summed E-state index contributed by atoms with van der Waals surface area (Å²) in [7, 11) is -11.3. The largest absolute Gasteiger partial charge is 0.512 e. The van der Waals surface area contributed by atoms with Crippen LogP contribution in [0.3, 0.4) is 0 Å². The Balaban J connectivity index is 0. The van der Waals surface area contributed by atoms with Crippen LogP contribution in [0.2, 0.25) is 0 Å². The van der Waals surface area contributed by atoms with Crippen molar-refractivity contribution in [2.24, 2.45) is 0 Å². The Morgan fingerprint density at radius 3 is 1.45 bits per heavy atom. The third-order valence-electron chi connectivity index (χ3n) is 5.05. The summed E-state index contributed by atoms with van der Waals surface area (Å²) < 4.78 is 108. The van der Waals surface area contributed by atoms with Crippen molar-refractivity contribution >= 4 is 20.0 Å². The van der Waals surface area contributed by atoms with Gasteiger partial charge in [0.05, 0.1) is 12.7 Å². The Bertz CT molecular complexity index is 801. The summed E-state index contributed by atoms with van der Waals surface area (Å²) in [5, 5.41) is 47.2. The van der Waals surface area contributed by atoms with E-state index < -0.39 is 66.2 Å². The predicted octanol–water partition coefficient (Wildman–Crippen LogP) is 0.770. The number of unbranched alkanes of at least 4 members (excludes halogenated alkanes) is 7. The minimum absolute atomic E-state index is 0.215. The van der Waals surface area contributed by atoms with Crippen LogP contribution in [-0.2, 0) is 20.0 Å². The van der Waals surface area contributed by atoms with E-state index in [4.69, 9.17) is 5.11 Å². The molecule has 0 aliphatic rings. The van der Waals surface area contributed by atoms with E-state index in [0.717, 1.165) is 19.4 Å². The van der Waals surface area contributed by atoms with Gasteiger partial charge in [0.2, 0.25) is 0 Å². The van der Waals surface area contributed by atoms with Gasteiger partial charge in [-0.15, -0.1) is 0 Å². The lowest BCUT2D eigenvalue weighted by Crippen LogP contribution is -2.49. The van der Waals surface area contributed by atoms with Crippen LogP contribution in [0.4, 0.5) is 26.3 Å². The van der Waals surface area contributed by atoms with Crippen molar-refractivity contribution in [3.63, 3.8) is 0 Å². The lowest BCUT2D eigenvalue weighted by molar-refractivity contribution is -0.118. The van der Waals surface area contributed by atoms with Gasteiger partial charge in [0, 0.05) is 6.54 Å². The van der Waals surface area contributed by atoms with Crippen molar-refractivity contribution in [1.29, 1.82) is 0 Å². The number of rotatable bonds is 17. The quantitative estimate of drug-likeness (QED) is 0.101. The molecule has 38 heavy (non-hydrogen) atoms. The smallest absolute Gasteiger partial charge is 0.394 e. The Kier molecular flexibility index (Phi) is 18.4. The molecule has 232 valence electrons. The molecular formula is C19H38F6N2O9S2. The van der Waals surface area contributed by atoms with Gasteiger partial charge in [-0.2, -0.15) is 26.3 Å². The normalized spacial score (nSPS) is 16.5. The molecule has 0 amide bonds. The van der Waals surface area contributed by atoms with Crippen LogP contribution in [0.5, 0.6) is 0 Å². The SMILES string of the molecule is CCCCCCCCCCN(C)CC(O)C(O)C(O)C(O)CO.O=S(=O)(NS(=O)(=O)C(F)(F)F)C(F)(F)F. The van der Waals surface area contributed by atoms with Gasteiger partial charge >= 0.3 is 31.1 Å². The van der Waals surface area contributed by atoms with Gasteiger partial charge in [-0.3, -0.25) is 0 Å². The van der Waals surface area contributed by atoms with Crippen LogP contribution in [0, 0.1) is 0 Å². The Hall–Kier alpha value is -0.800. The zero-order valence-corrected chi connectivity index (χ0v) is 22.6. The van der Waals surface area contributed by atoms with E-state index in [2.05, 4.69) is 6.92 Å². The lowest BCUT2D eigenvalue weighted by Gasteiger charge is -2.28. The van der Waals surface area contributed by atoms with Crippen LogP contribution in [-0.4, -0.2) is 109 Å². The van der Waals surface area contributed by atoms with Crippen molar-refractivity contribution < 1.29 is 68.7 Å². The fraction of sp³-hybridized carbons (Fsp3) is 1.00. The van der Waals surface area contributed by atoms with Crippen molar-refractivity contribution in [3.8, 4) is 0 Å². The summed E-state index contributed by atoms with van der Waals surface area (Å²) in [5.41, 5.74) is -12.3. The molecule has 4 unspecified atom stereocenters. The monoisotopic (exact) mass is 616 g/mol. The first kappa shape index (κ1) is 39.3. The molecule has 6 N–H and O–H groups in total. The molecule has 0 radical (unpaired) electrons. The molecule has 0 aromatic rings. The van der Waals surface area contributed by atoms with E-state index in [9.17, 15) is 63.6 Å². The highest BCUT2D eigenvalue weighted by molar-refractivity contribution is 8.05. The first-order valence-electron chi connectivity index (χ1n) is 11.6. The number of hydrogen-bond donors (Lipinski definition) is 6. The second-order valence-electron chi connectivity index (χ2n) is 8.52. The summed E-state index contributed by atoms with van der Waals surface area (Å²) in [4.78, 5) is 1.91. The summed E-state index contributed by atoms with van der Waals surface area (Å²) in [5.74, 6) is 0. The maximum absolute atomic E-state index is 11.5. The number of sulfonamides is 2. The number of aliphatic hydroxyl groups excluding tert-OH is 5. The average molecular weight is 617 g/mol. The lowest BCUT2D eigenvalue weighted by atomic mass is 10.0. The molecule has 0 spiro atoms. The fourth-order valence-corrected chi connectivity index (χ4v) is 4.75. The highest BCUT2D eigenvalue weighted by Crippen LogP contribution is 2.27. The molecule has 0 fully saturated rings. The molecule has 0 heterocycles. The van der Waals surface area contributed by atoms with Crippen LogP contribution < -0.4 is 4.13 Å². The zero-order chi connectivity index (χ0) is 30.4. The van der Waals surface area contributed by atoms with E-state index in [1.165, 1.54) is 38.5 Å². The summed E-state index contributed by atoms with van der Waals surface area (Å²) in [6.45, 7) is 2.59. The summed E-state index contributed by atoms with van der Waals surface area (Å²) in [6.07, 6.45) is 4.27. The van der Waals surface area contributed by atoms with E-state index >= 15 is 0 Å². The molecule has 0 aliphatic heterocycles. The zero-order valence-electron chi connectivity index (χ0n) is 21.0. The van der Waals surface area contributed by atoms with Crippen LogP contribution in [0.15, 0.2) is 0 Å². The van der Waals surface area contributed by atoms with Gasteiger partial charge in [0.1, 0.15) is 18.3 Å². The van der Waals surface area contributed by atoms with Gasteiger partial charge in [-0.05, 0) is 20.0 Å². The van der Waals surface area contributed by atoms with Gasteiger partial charge in [0.15, 0.2) is 0 Å². The molecule has 4 atom stereocenters. The molecular weight excluding hydrogens is 578 g/mol. The topological polar surface area (TPSA) is 185 Å². The Labute approximate surface area is 218 Å². The van der Waals surface area contributed by atoms with Crippen LogP contribution in [0.25, 0.3) is 0 Å². The number of aliphatic hydroxyl groups is 5. The van der Waals surface area contributed by atoms with E-state index in [1.54, 1.807) is 0 Å². The number of likely N-dealkylation sites (N-methyl/N-ethyl adjacent to an activating group) is 1. The second-order valence-corrected chi connectivity index (χ2v) is 12.1. The second kappa shape index (κ2) is 17.8.